The molecule has 3 heterocycles. The third-order valence-corrected chi connectivity index (χ3v) is 6.22. The van der Waals surface area contributed by atoms with Crippen molar-refractivity contribution in [3.05, 3.63) is 20.3 Å². The van der Waals surface area contributed by atoms with Crippen molar-refractivity contribution in [2.45, 2.75) is 64.3 Å². The van der Waals surface area contributed by atoms with Gasteiger partial charge < -0.3 is 14.4 Å². The fourth-order valence-corrected chi connectivity index (χ4v) is 5.31. The SMILES string of the molecule is C[C@H]1Cc2cc(Br)sc2C2(CCN(C(=O)OC(C)(C)C)CC2)O1. The van der Waals surface area contributed by atoms with Crippen molar-refractivity contribution in [3.63, 3.8) is 0 Å². The van der Waals surface area contributed by atoms with Crippen LogP contribution in [0.3, 0.4) is 0 Å². The van der Waals surface area contributed by atoms with Crippen LogP contribution in [-0.4, -0.2) is 35.8 Å². The van der Waals surface area contributed by atoms with E-state index >= 15 is 0 Å². The number of ether oxygens (including phenoxy) is 2. The lowest BCUT2D eigenvalue weighted by Crippen LogP contribution is -2.50. The molecule has 0 radical (unpaired) electrons. The predicted octanol–water partition coefficient (Wildman–Crippen LogP) is 4.70. The molecule has 0 unspecified atom stereocenters. The van der Waals surface area contributed by atoms with Crippen molar-refractivity contribution in [2.75, 3.05) is 13.1 Å². The van der Waals surface area contributed by atoms with Gasteiger partial charge in [-0.2, -0.15) is 0 Å². The van der Waals surface area contributed by atoms with Crippen LogP contribution in [0, 0.1) is 0 Å². The quantitative estimate of drug-likeness (QED) is 0.632. The number of likely N-dealkylation sites (tertiary alicyclic amines) is 1. The number of carbonyl (C=O) groups excluding carboxylic acids is 1. The Bertz CT molecular complexity index is 599. The predicted molar refractivity (Wildman–Crippen MR) is 95.0 cm³/mol. The van der Waals surface area contributed by atoms with Crippen molar-refractivity contribution in [2.24, 2.45) is 0 Å². The zero-order valence-electron chi connectivity index (χ0n) is 14.1. The summed E-state index contributed by atoms with van der Waals surface area (Å²) in [5, 5.41) is 0. The minimum Gasteiger partial charge on any atom is -0.444 e. The molecule has 6 heteroatoms. The van der Waals surface area contributed by atoms with Crippen molar-refractivity contribution in [3.8, 4) is 0 Å². The van der Waals surface area contributed by atoms with Crippen molar-refractivity contribution >= 4 is 33.4 Å². The van der Waals surface area contributed by atoms with Crippen LogP contribution >= 0.6 is 27.3 Å². The summed E-state index contributed by atoms with van der Waals surface area (Å²) in [4.78, 5) is 15.4. The van der Waals surface area contributed by atoms with Gasteiger partial charge in [-0.15, -0.1) is 11.3 Å². The first-order chi connectivity index (χ1) is 10.7. The molecule has 1 amide bonds. The van der Waals surface area contributed by atoms with E-state index in [0.717, 1.165) is 23.0 Å². The Balaban J connectivity index is 1.74. The van der Waals surface area contributed by atoms with Gasteiger partial charge in [0, 0.05) is 18.0 Å². The average molecular weight is 402 g/mol. The maximum Gasteiger partial charge on any atom is 0.410 e. The molecule has 1 saturated heterocycles. The molecule has 3 rings (SSSR count). The summed E-state index contributed by atoms with van der Waals surface area (Å²) < 4.78 is 13.0. The smallest absolute Gasteiger partial charge is 0.410 e. The second-order valence-electron chi connectivity index (χ2n) is 7.50. The van der Waals surface area contributed by atoms with E-state index in [2.05, 4.69) is 28.9 Å². The molecule has 1 fully saturated rings. The van der Waals surface area contributed by atoms with Gasteiger partial charge in [-0.05, 0) is 74.5 Å². The largest absolute Gasteiger partial charge is 0.444 e. The normalized spacial score (nSPS) is 23.7. The molecule has 2 aliphatic rings. The van der Waals surface area contributed by atoms with Crippen LogP contribution in [0.15, 0.2) is 9.85 Å². The van der Waals surface area contributed by atoms with Crippen LogP contribution in [-0.2, 0) is 21.5 Å². The summed E-state index contributed by atoms with van der Waals surface area (Å²) in [5.74, 6) is 0. The molecule has 1 atom stereocenters. The van der Waals surface area contributed by atoms with E-state index < -0.39 is 5.60 Å². The standard InChI is InChI=1S/C17H24BrNO3S/c1-11-9-12-10-13(18)23-14(12)17(21-11)5-7-19(8-6-17)15(20)22-16(2,3)4/h10-11H,5-9H2,1-4H3/t11-/m0/s1. The molecule has 1 aromatic rings. The second kappa shape index (κ2) is 6.05. The molecule has 4 nitrogen and oxygen atoms in total. The number of piperidine rings is 1. The lowest BCUT2D eigenvalue weighted by molar-refractivity contribution is -0.129. The number of thiophene rings is 1. The van der Waals surface area contributed by atoms with Gasteiger partial charge >= 0.3 is 6.09 Å². The zero-order valence-corrected chi connectivity index (χ0v) is 16.6. The Labute approximate surface area is 150 Å². The fraction of sp³-hybridized carbons (Fsp3) is 0.706. The van der Waals surface area contributed by atoms with Crippen molar-refractivity contribution in [1.29, 1.82) is 0 Å². The molecular formula is C17H24BrNO3S. The van der Waals surface area contributed by atoms with Crippen LogP contribution in [0.25, 0.3) is 0 Å². The summed E-state index contributed by atoms with van der Waals surface area (Å²) >= 11 is 5.38. The van der Waals surface area contributed by atoms with Gasteiger partial charge in [0.15, 0.2) is 0 Å². The minimum atomic E-state index is -0.451. The molecule has 0 aromatic carbocycles. The molecule has 1 spiro atoms. The Hall–Kier alpha value is -0.590. The number of hydrogen-bond donors (Lipinski definition) is 0. The van der Waals surface area contributed by atoms with E-state index in [1.165, 1.54) is 10.4 Å². The molecular weight excluding hydrogens is 378 g/mol. The number of fused-ring (bicyclic) bond motifs is 2. The number of carbonyl (C=O) groups is 1. The molecule has 0 saturated carbocycles. The number of nitrogens with zero attached hydrogens (tertiary/aromatic N) is 1. The van der Waals surface area contributed by atoms with Gasteiger partial charge in [-0.1, -0.05) is 0 Å². The van der Waals surface area contributed by atoms with Gasteiger partial charge in [0.2, 0.25) is 0 Å². The number of halogens is 1. The summed E-state index contributed by atoms with van der Waals surface area (Å²) in [6, 6.07) is 2.22. The molecule has 0 bridgehead atoms. The van der Waals surface area contributed by atoms with E-state index in [1.54, 1.807) is 11.3 Å². The highest BCUT2D eigenvalue weighted by molar-refractivity contribution is 9.11. The molecule has 1 aromatic heterocycles. The zero-order chi connectivity index (χ0) is 16.8. The van der Waals surface area contributed by atoms with E-state index in [-0.39, 0.29) is 17.8 Å². The molecule has 128 valence electrons. The van der Waals surface area contributed by atoms with Crippen molar-refractivity contribution < 1.29 is 14.3 Å². The highest BCUT2D eigenvalue weighted by Gasteiger charge is 2.45. The first-order valence-corrected chi connectivity index (χ1v) is 9.74. The van der Waals surface area contributed by atoms with E-state index in [9.17, 15) is 4.79 Å². The topological polar surface area (TPSA) is 38.8 Å². The summed E-state index contributed by atoms with van der Waals surface area (Å²) in [7, 11) is 0. The minimum absolute atomic E-state index is 0.219. The van der Waals surface area contributed by atoms with Gasteiger partial charge in [-0.25, -0.2) is 4.79 Å². The number of amides is 1. The first kappa shape index (κ1) is 17.2. The number of hydrogen-bond acceptors (Lipinski definition) is 4. The van der Waals surface area contributed by atoms with Gasteiger partial charge in [-0.3, -0.25) is 0 Å². The van der Waals surface area contributed by atoms with E-state index in [1.807, 2.05) is 25.7 Å². The van der Waals surface area contributed by atoms with Crippen LogP contribution in [0.2, 0.25) is 0 Å². The third kappa shape index (κ3) is 3.59. The Morgan fingerprint density at radius 2 is 2.09 bits per heavy atom. The van der Waals surface area contributed by atoms with E-state index in [0.29, 0.717) is 13.1 Å². The van der Waals surface area contributed by atoms with Crippen LogP contribution in [0.1, 0.15) is 51.0 Å². The first-order valence-electron chi connectivity index (χ1n) is 8.13. The van der Waals surface area contributed by atoms with E-state index in [4.69, 9.17) is 9.47 Å². The molecule has 0 aliphatic carbocycles. The maximum absolute atomic E-state index is 12.3. The number of rotatable bonds is 0. The highest BCUT2D eigenvalue weighted by Crippen LogP contribution is 2.48. The van der Waals surface area contributed by atoms with Crippen LogP contribution in [0.5, 0.6) is 0 Å². The Kier molecular flexibility index (Phi) is 4.53. The van der Waals surface area contributed by atoms with Crippen LogP contribution < -0.4 is 0 Å². The highest BCUT2D eigenvalue weighted by atomic mass is 79.9. The molecule has 23 heavy (non-hydrogen) atoms. The van der Waals surface area contributed by atoms with Gasteiger partial charge in [0.05, 0.1) is 9.89 Å². The fourth-order valence-electron chi connectivity index (χ4n) is 3.44. The summed E-state index contributed by atoms with van der Waals surface area (Å²) in [6.45, 7) is 9.19. The lowest BCUT2D eigenvalue weighted by atomic mass is 9.84. The van der Waals surface area contributed by atoms with Gasteiger partial charge in [0.25, 0.3) is 0 Å². The monoisotopic (exact) mass is 401 g/mol. The van der Waals surface area contributed by atoms with Gasteiger partial charge in [0.1, 0.15) is 11.2 Å². The second-order valence-corrected chi connectivity index (χ2v) is 9.93. The van der Waals surface area contributed by atoms with Crippen molar-refractivity contribution in [1.82, 2.24) is 4.90 Å². The Morgan fingerprint density at radius 3 is 2.70 bits per heavy atom. The lowest BCUT2D eigenvalue weighted by Gasteiger charge is -2.45. The summed E-state index contributed by atoms with van der Waals surface area (Å²) in [6.07, 6.45) is 2.63. The molecule has 2 aliphatic heterocycles. The molecule has 0 N–H and O–H groups in total. The summed E-state index contributed by atoms with van der Waals surface area (Å²) in [5.41, 5.74) is 0.710. The third-order valence-electron chi connectivity index (χ3n) is 4.35. The maximum atomic E-state index is 12.3. The van der Waals surface area contributed by atoms with Crippen LogP contribution in [0.4, 0.5) is 4.79 Å². The Morgan fingerprint density at radius 1 is 1.43 bits per heavy atom. The average Bonchev–Trinajstić information content (AvgIpc) is 2.78.